The maximum Gasteiger partial charge on any atom is 0.328 e. The van der Waals surface area contributed by atoms with Crippen molar-refractivity contribution in [2.75, 3.05) is 7.11 Å². The van der Waals surface area contributed by atoms with Gasteiger partial charge in [-0.1, -0.05) is 0 Å². The third-order valence-electron chi connectivity index (χ3n) is 1.71. The van der Waals surface area contributed by atoms with Crippen LogP contribution in [0, 0.1) is 10.1 Å². The Balaban J connectivity index is 3.36. The maximum absolute atomic E-state index is 10.8. The fourth-order valence-electron chi connectivity index (χ4n) is 1.15. The van der Waals surface area contributed by atoms with Crippen molar-refractivity contribution in [1.82, 2.24) is 0 Å². The molecule has 16 heavy (non-hydrogen) atoms. The van der Waals surface area contributed by atoms with Gasteiger partial charge in [0.15, 0.2) is 5.75 Å². The van der Waals surface area contributed by atoms with E-state index in [1.165, 1.54) is 26.2 Å². The van der Waals surface area contributed by atoms with E-state index in [0.717, 1.165) is 0 Å². The molecule has 0 saturated heterocycles. The van der Waals surface area contributed by atoms with Crippen molar-refractivity contribution in [3.63, 3.8) is 0 Å². The summed E-state index contributed by atoms with van der Waals surface area (Å²) in [4.78, 5) is 21.0. The highest BCUT2D eigenvalue weighted by Crippen LogP contribution is 2.41. The summed E-state index contributed by atoms with van der Waals surface area (Å²) in [5, 5.41) is 10.8. The number of methoxy groups -OCH3 is 1. The largest absolute Gasteiger partial charge is 0.488 e. The molecule has 0 spiro atoms. The van der Waals surface area contributed by atoms with Gasteiger partial charge in [0.1, 0.15) is 0 Å². The van der Waals surface area contributed by atoms with Crippen LogP contribution in [0.4, 0.5) is 5.69 Å². The number of benzene rings is 1. The highest BCUT2D eigenvalue weighted by molar-refractivity contribution is 7.80. The van der Waals surface area contributed by atoms with Gasteiger partial charge in [-0.2, -0.15) is 0 Å². The molecule has 0 aliphatic carbocycles. The van der Waals surface area contributed by atoms with Gasteiger partial charge in [-0.15, -0.1) is 12.6 Å². The number of hydrogen-bond acceptors (Lipinski definition) is 6. The second kappa shape index (κ2) is 4.84. The molecule has 0 N–H and O–H groups in total. The minimum absolute atomic E-state index is 0.000463. The number of carbonyl (C=O) groups excluding carboxylic acids is 1. The number of nitrogens with zero attached hydrogens (tertiary/aromatic N) is 1. The Morgan fingerprint density at radius 1 is 1.50 bits per heavy atom. The molecule has 0 fully saturated rings. The van der Waals surface area contributed by atoms with Crippen LogP contribution in [-0.4, -0.2) is 18.0 Å². The predicted molar refractivity (Wildman–Crippen MR) is 58.2 cm³/mol. The number of rotatable bonds is 3. The number of nitro groups is 1. The lowest BCUT2D eigenvalue weighted by Crippen LogP contribution is -2.04. The third kappa shape index (κ3) is 2.43. The lowest BCUT2D eigenvalue weighted by atomic mass is 10.2. The molecule has 0 aromatic heterocycles. The normalized spacial score (nSPS) is 9.69. The zero-order valence-corrected chi connectivity index (χ0v) is 9.48. The molecule has 1 aromatic rings. The van der Waals surface area contributed by atoms with E-state index in [1.54, 1.807) is 0 Å². The average molecular weight is 243 g/mol. The molecule has 0 amide bonds. The van der Waals surface area contributed by atoms with Gasteiger partial charge in [-0.05, 0) is 12.1 Å². The molecule has 7 heteroatoms. The molecule has 86 valence electrons. The first-order chi connectivity index (χ1) is 7.47. The third-order valence-corrected chi connectivity index (χ3v) is 2.08. The second-order valence-corrected chi connectivity index (χ2v) is 3.30. The molecule has 1 aromatic carbocycles. The predicted octanol–water partition coefficient (Wildman–Crippen LogP) is 1.82. The van der Waals surface area contributed by atoms with E-state index < -0.39 is 10.9 Å². The van der Waals surface area contributed by atoms with Crippen molar-refractivity contribution < 1.29 is 19.2 Å². The lowest BCUT2D eigenvalue weighted by Gasteiger charge is -2.08. The summed E-state index contributed by atoms with van der Waals surface area (Å²) in [6.07, 6.45) is 0. The van der Waals surface area contributed by atoms with Crippen molar-refractivity contribution in [2.45, 2.75) is 11.8 Å². The molecule has 0 saturated carbocycles. The first-order valence-corrected chi connectivity index (χ1v) is 4.65. The van der Waals surface area contributed by atoms with Crippen molar-refractivity contribution in [3.05, 3.63) is 22.2 Å². The number of nitro benzene ring substituents is 1. The van der Waals surface area contributed by atoms with E-state index in [2.05, 4.69) is 12.6 Å². The molecular formula is C9H9NO5S. The van der Waals surface area contributed by atoms with Crippen molar-refractivity contribution in [3.8, 4) is 11.5 Å². The first kappa shape index (κ1) is 12.3. The van der Waals surface area contributed by atoms with Crippen LogP contribution < -0.4 is 9.47 Å². The zero-order chi connectivity index (χ0) is 12.3. The summed E-state index contributed by atoms with van der Waals surface area (Å²) in [7, 11) is 1.25. The molecule has 0 radical (unpaired) electrons. The molecule has 1 rings (SSSR count). The van der Waals surface area contributed by atoms with Crippen LogP contribution in [0.1, 0.15) is 6.92 Å². The van der Waals surface area contributed by atoms with Crippen molar-refractivity contribution in [2.24, 2.45) is 0 Å². The highest BCUT2D eigenvalue weighted by Gasteiger charge is 2.24. The molecule has 0 bridgehead atoms. The van der Waals surface area contributed by atoms with Gasteiger partial charge in [-0.3, -0.25) is 14.9 Å². The fourth-order valence-corrected chi connectivity index (χ4v) is 1.41. The lowest BCUT2D eigenvalue weighted by molar-refractivity contribution is -0.388. The van der Waals surface area contributed by atoms with E-state index in [1.807, 2.05) is 0 Å². The SMILES string of the molecule is COc1c(OC(C)=O)ccc(S)c1[N+](=O)[O-]. The minimum Gasteiger partial charge on any atom is -0.488 e. The molecule has 0 aliphatic heterocycles. The summed E-state index contributed by atoms with van der Waals surface area (Å²) in [5.41, 5.74) is -0.329. The molecule has 0 heterocycles. The van der Waals surface area contributed by atoms with Gasteiger partial charge >= 0.3 is 11.7 Å². The van der Waals surface area contributed by atoms with Gasteiger partial charge in [0.05, 0.1) is 16.9 Å². The van der Waals surface area contributed by atoms with Crippen LogP contribution in [0.2, 0.25) is 0 Å². The fraction of sp³-hybridized carbons (Fsp3) is 0.222. The van der Waals surface area contributed by atoms with E-state index >= 15 is 0 Å². The number of hydrogen-bond donors (Lipinski definition) is 1. The standard InChI is InChI=1S/C9H9NO5S/c1-5(11)15-6-3-4-7(16)8(10(12)13)9(6)14-2/h3-4,16H,1-2H3. The van der Waals surface area contributed by atoms with E-state index in [-0.39, 0.29) is 22.1 Å². The first-order valence-electron chi connectivity index (χ1n) is 4.20. The Morgan fingerprint density at radius 2 is 2.12 bits per heavy atom. The summed E-state index contributed by atoms with van der Waals surface area (Å²) < 4.78 is 9.63. The van der Waals surface area contributed by atoms with Crippen LogP contribution in [0.25, 0.3) is 0 Å². The quantitative estimate of drug-likeness (QED) is 0.288. The molecule has 0 unspecified atom stereocenters. The van der Waals surface area contributed by atoms with Crippen LogP contribution in [0.15, 0.2) is 17.0 Å². The highest BCUT2D eigenvalue weighted by atomic mass is 32.1. The van der Waals surface area contributed by atoms with Crippen molar-refractivity contribution >= 4 is 24.3 Å². The van der Waals surface area contributed by atoms with Gasteiger partial charge in [0.2, 0.25) is 5.75 Å². The van der Waals surface area contributed by atoms with E-state index in [9.17, 15) is 14.9 Å². The Hall–Kier alpha value is -1.76. The Morgan fingerprint density at radius 3 is 2.56 bits per heavy atom. The van der Waals surface area contributed by atoms with Gasteiger partial charge < -0.3 is 9.47 Å². The average Bonchev–Trinajstić information content (AvgIpc) is 2.18. The van der Waals surface area contributed by atoms with Crippen LogP contribution in [-0.2, 0) is 4.79 Å². The van der Waals surface area contributed by atoms with Gasteiger partial charge in [-0.25, -0.2) is 0 Å². The summed E-state index contributed by atoms with van der Waals surface area (Å²) in [6.45, 7) is 1.19. The van der Waals surface area contributed by atoms with Crippen LogP contribution in [0.3, 0.4) is 0 Å². The monoisotopic (exact) mass is 243 g/mol. The van der Waals surface area contributed by atoms with Crippen LogP contribution >= 0.6 is 12.6 Å². The number of thiol groups is 1. The number of ether oxygens (including phenoxy) is 2. The Kier molecular flexibility index (Phi) is 3.73. The van der Waals surface area contributed by atoms with Crippen molar-refractivity contribution in [1.29, 1.82) is 0 Å². The van der Waals surface area contributed by atoms with E-state index in [4.69, 9.17) is 9.47 Å². The maximum atomic E-state index is 10.8. The van der Waals surface area contributed by atoms with E-state index in [0.29, 0.717) is 0 Å². The number of carbonyl (C=O) groups is 1. The summed E-state index contributed by atoms with van der Waals surface area (Å²) >= 11 is 3.94. The van der Waals surface area contributed by atoms with Gasteiger partial charge in [0, 0.05) is 6.92 Å². The number of esters is 1. The smallest absolute Gasteiger partial charge is 0.328 e. The van der Waals surface area contributed by atoms with Crippen LogP contribution in [0.5, 0.6) is 11.5 Å². The topological polar surface area (TPSA) is 78.7 Å². The Labute approximate surface area is 96.7 Å². The van der Waals surface area contributed by atoms with Gasteiger partial charge in [0.25, 0.3) is 0 Å². The molecule has 0 atom stereocenters. The summed E-state index contributed by atoms with van der Waals surface area (Å²) in [6, 6.07) is 2.75. The minimum atomic E-state index is -0.645. The molecule has 6 nitrogen and oxygen atoms in total. The Bertz CT molecular complexity index is 446. The summed E-state index contributed by atoms with van der Waals surface area (Å²) in [5.74, 6) is -0.702. The molecule has 0 aliphatic rings. The zero-order valence-electron chi connectivity index (χ0n) is 8.59. The second-order valence-electron chi connectivity index (χ2n) is 2.82. The molecular weight excluding hydrogens is 234 g/mol.